The number of benzene rings is 1. The molecular formula is C18H20N6O. The zero-order valence-electron chi connectivity index (χ0n) is 14.1. The molecule has 0 radical (unpaired) electrons. The molecule has 1 aliphatic heterocycles. The molecule has 1 saturated heterocycles. The van der Waals surface area contributed by atoms with Gasteiger partial charge >= 0.3 is 0 Å². The molecule has 1 fully saturated rings. The van der Waals surface area contributed by atoms with E-state index >= 15 is 0 Å². The minimum atomic E-state index is -0.0592. The summed E-state index contributed by atoms with van der Waals surface area (Å²) in [5, 5.41) is 8.15. The third kappa shape index (κ3) is 3.17. The number of carbonyl (C=O) groups excluding carboxylic acids is 1. The van der Waals surface area contributed by atoms with Crippen LogP contribution in [0.5, 0.6) is 0 Å². The standard InChI is InChI=1S/C18H20N6O/c1-22-10-8-19-17(22)15-7-9-23(12-15)18(25)16-13-24(21-20-16)11-14-5-3-2-4-6-14/h2-6,8,10,13,15H,7,9,11-12H2,1H3. The molecule has 25 heavy (non-hydrogen) atoms. The van der Waals surface area contributed by atoms with Gasteiger partial charge in [0.25, 0.3) is 5.91 Å². The second-order valence-electron chi connectivity index (χ2n) is 6.42. The van der Waals surface area contributed by atoms with Gasteiger partial charge in [-0.15, -0.1) is 5.10 Å². The summed E-state index contributed by atoms with van der Waals surface area (Å²) >= 11 is 0. The molecule has 1 amide bonds. The highest BCUT2D eigenvalue weighted by Crippen LogP contribution is 2.26. The minimum Gasteiger partial charge on any atom is -0.338 e. The van der Waals surface area contributed by atoms with Crippen LogP contribution in [0.25, 0.3) is 0 Å². The van der Waals surface area contributed by atoms with E-state index in [0.29, 0.717) is 18.8 Å². The Labute approximate surface area is 145 Å². The topological polar surface area (TPSA) is 68.8 Å². The lowest BCUT2D eigenvalue weighted by Crippen LogP contribution is -2.29. The molecule has 0 aliphatic carbocycles. The maximum Gasteiger partial charge on any atom is 0.276 e. The Bertz CT molecular complexity index is 869. The molecular weight excluding hydrogens is 316 g/mol. The average Bonchev–Trinajstić information content (AvgIpc) is 3.35. The first kappa shape index (κ1) is 15.6. The Balaban J connectivity index is 1.43. The lowest BCUT2D eigenvalue weighted by molar-refractivity contribution is 0.0784. The van der Waals surface area contributed by atoms with Crippen LogP contribution in [0.1, 0.15) is 34.2 Å². The Morgan fingerprint density at radius 3 is 2.88 bits per heavy atom. The molecule has 7 heteroatoms. The Morgan fingerprint density at radius 2 is 2.12 bits per heavy atom. The Morgan fingerprint density at radius 1 is 1.28 bits per heavy atom. The lowest BCUT2D eigenvalue weighted by Gasteiger charge is -2.14. The molecule has 1 unspecified atom stereocenters. The summed E-state index contributed by atoms with van der Waals surface area (Å²) < 4.78 is 3.73. The van der Waals surface area contributed by atoms with Crippen LogP contribution in [0.15, 0.2) is 48.9 Å². The van der Waals surface area contributed by atoms with Crippen molar-refractivity contribution in [2.24, 2.45) is 7.05 Å². The summed E-state index contributed by atoms with van der Waals surface area (Å²) in [6.07, 6.45) is 6.39. The number of hydrogen-bond donors (Lipinski definition) is 0. The molecule has 0 N–H and O–H groups in total. The molecule has 0 spiro atoms. The van der Waals surface area contributed by atoms with E-state index in [1.807, 2.05) is 53.0 Å². The summed E-state index contributed by atoms with van der Waals surface area (Å²) in [4.78, 5) is 18.9. The van der Waals surface area contributed by atoms with Crippen molar-refractivity contribution in [3.63, 3.8) is 0 Å². The van der Waals surface area contributed by atoms with Crippen LogP contribution >= 0.6 is 0 Å². The van der Waals surface area contributed by atoms with E-state index in [-0.39, 0.29) is 11.8 Å². The second-order valence-corrected chi connectivity index (χ2v) is 6.42. The van der Waals surface area contributed by atoms with Crippen molar-refractivity contribution in [3.05, 3.63) is 66.0 Å². The van der Waals surface area contributed by atoms with Crippen molar-refractivity contribution in [1.29, 1.82) is 0 Å². The number of amides is 1. The molecule has 2 aromatic heterocycles. The number of likely N-dealkylation sites (tertiary alicyclic amines) is 1. The molecule has 4 rings (SSSR count). The van der Waals surface area contributed by atoms with Crippen molar-refractivity contribution >= 4 is 5.91 Å². The van der Waals surface area contributed by atoms with Crippen LogP contribution < -0.4 is 0 Å². The monoisotopic (exact) mass is 336 g/mol. The summed E-state index contributed by atoms with van der Waals surface area (Å²) in [5.41, 5.74) is 1.53. The van der Waals surface area contributed by atoms with Crippen LogP contribution in [0.2, 0.25) is 0 Å². The third-order valence-electron chi connectivity index (χ3n) is 4.64. The molecule has 0 saturated carbocycles. The van der Waals surface area contributed by atoms with Gasteiger partial charge in [0.15, 0.2) is 5.69 Å². The largest absolute Gasteiger partial charge is 0.338 e. The number of imidazole rings is 1. The van der Waals surface area contributed by atoms with Gasteiger partial charge in [0.1, 0.15) is 5.82 Å². The Kier molecular flexibility index (Phi) is 4.05. The predicted molar refractivity (Wildman–Crippen MR) is 92.0 cm³/mol. The molecule has 7 nitrogen and oxygen atoms in total. The highest BCUT2D eigenvalue weighted by molar-refractivity contribution is 5.92. The Hall–Kier alpha value is -2.96. The number of aryl methyl sites for hydroxylation is 1. The van der Waals surface area contributed by atoms with Crippen molar-refractivity contribution in [3.8, 4) is 0 Å². The predicted octanol–water partition coefficient (Wildman–Crippen LogP) is 1.69. The van der Waals surface area contributed by atoms with Crippen LogP contribution in [0.4, 0.5) is 0 Å². The van der Waals surface area contributed by atoms with E-state index < -0.39 is 0 Å². The molecule has 3 heterocycles. The smallest absolute Gasteiger partial charge is 0.276 e. The van der Waals surface area contributed by atoms with Gasteiger partial charge in [-0.25, -0.2) is 9.67 Å². The van der Waals surface area contributed by atoms with E-state index in [0.717, 1.165) is 24.4 Å². The summed E-state index contributed by atoms with van der Waals surface area (Å²) in [6.45, 7) is 2.01. The van der Waals surface area contributed by atoms with Crippen molar-refractivity contribution in [2.45, 2.75) is 18.9 Å². The van der Waals surface area contributed by atoms with Crippen molar-refractivity contribution < 1.29 is 4.79 Å². The highest BCUT2D eigenvalue weighted by Gasteiger charge is 2.31. The minimum absolute atomic E-state index is 0.0592. The fourth-order valence-corrected chi connectivity index (χ4v) is 3.33. The van der Waals surface area contributed by atoms with E-state index in [9.17, 15) is 4.79 Å². The number of rotatable bonds is 4. The van der Waals surface area contributed by atoms with E-state index in [2.05, 4.69) is 15.3 Å². The first-order valence-electron chi connectivity index (χ1n) is 8.41. The molecule has 3 aromatic rings. The number of nitrogens with zero attached hydrogens (tertiary/aromatic N) is 6. The molecule has 0 bridgehead atoms. The number of aromatic nitrogens is 5. The van der Waals surface area contributed by atoms with Gasteiger partial charge in [-0.3, -0.25) is 4.79 Å². The van der Waals surface area contributed by atoms with Gasteiger partial charge in [0.2, 0.25) is 0 Å². The summed E-state index contributed by atoms with van der Waals surface area (Å²) in [7, 11) is 1.99. The summed E-state index contributed by atoms with van der Waals surface area (Å²) in [5.74, 6) is 1.25. The van der Waals surface area contributed by atoms with Crippen molar-refractivity contribution in [2.75, 3.05) is 13.1 Å². The van der Waals surface area contributed by atoms with E-state index in [4.69, 9.17) is 0 Å². The van der Waals surface area contributed by atoms with Crippen molar-refractivity contribution in [1.82, 2.24) is 29.4 Å². The molecule has 128 valence electrons. The highest BCUT2D eigenvalue weighted by atomic mass is 16.2. The van der Waals surface area contributed by atoms with E-state index in [1.165, 1.54) is 0 Å². The first-order chi connectivity index (χ1) is 12.2. The summed E-state index contributed by atoms with van der Waals surface area (Å²) in [6, 6.07) is 10.0. The molecule has 1 aromatic carbocycles. The third-order valence-corrected chi connectivity index (χ3v) is 4.64. The van der Waals surface area contributed by atoms with Gasteiger partial charge in [-0.1, -0.05) is 35.5 Å². The lowest BCUT2D eigenvalue weighted by atomic mass is 10.1. The van der Waals surface area contributed by atoms with Gasteiger partial charge in [-0.2, -0.15) is 0 Å². The second kappa shape index (κ2) is 6.51. The molecule has 1 aliphatic rings. The normalized spacial score (nSPS) is 17.2. The number of hydrogen-bond acceptors (Lipinski definition) is 4. The van der Waals surface area contributed by atoms with Gasteiger partial charge in [0, 0.05) is 38.4 Å². The van der Waals surface area contributed by atoms with E-state index in [1.54, 1.807) is 17.1 Å². The van der Waals surface area contributed by atoms with Gasteiger partial charge in [-0.05, 0) is 12.0 Å². The zero-order valence-corrected chi connectivity index (χ0v) is 14.1. The molecule has 1 atom stereocenters. The zero-order chi connectivity index (χ0) is 17.2. The van der Waals surface area contributed by atoms with Crippen LogP contribution in [-0.2, 0) is 13.6 Å². The van der Waals surface area contributed by atoms with Crippen LogP contribution in [0, 0.1) is 0 Å². The first-order valence-corrected chi connectivity index (χ1v) is 8.41. The maximum absolute atomic E-state index is 12.7. The van der Waals surface area contributed by atoms with Gasteiger partial charge < -0.3 is 9.47 Å². The maximum atomic E-state index is 12.7. The fourth-order valence-electron chi connectivity index (χ4n) is 3.33. The number of carbonyl (C=O) groups is 1. The SMILES string of the molecule is Cn1ccnc1C1CCN(C(=O)c2cn(Cc3ccccc3)nn2)C1. The fraction of sp³-hybridized carbons (Fsp3) is 0.333. The van der Waals surface area contributed by atoms with Gasteiger partial charge in [0.05, 0.1) is 12.7 Å². The van der Waals surface area contributed by atoms with Crippen LogP contribution in [-0.4, -0.2) is 48.4 Å². The average molecular weight is 336 g/mol. The quantitative estimate of drug-likeness (QED) is 0.727. The van der Waals surface area contributed by atoms with Crippen LogP contribution in [0.3, 0.4) is 0 Å².